The van der Waals surface area contributed by atoms with Crippen LogP contribution in [0.15, 0.2) is 84.9 Å². The Hall–Kier alpha value is -2.19. The van der Waals surface area contributed by atoms with Crippen molar-refractivity contribution in [1.29, 1.82) is 0 Å². The number of rotatable bonds is 4. The summed E-state index contributed by atoms with van der Waals surface area (Å²) in [5.41, 5.74) is 4.41. The molecule has 27 heavy (non-hydrogen) atoms. The molecule has 3 aromatic carbocycles. The summed E-state index contributed by atoms with van der Waals surface area (Å²) >= 11 is 0. The lowest BCUT2D eigenvalue weighted by molar-refractivity contribution is 0.210. The van der Waals surface area contributed by atoms with Gasteiger partial charge in [0.2, 0.25) is 0 Å². The van der Waals surface area contributed by atoms with Crippen LogP contribution in [0.3, 0.4) is 0 Å². The predicted molar refractivity (Wildman–Crippen MR) is 111 cm³/mol. The van der Waals surface area contributed by atoms with E-state index >= 15 is 0 Å². The highest BCUT2D eigenvalue weighted by Gasteiger charge is 2.46. The normalized spacial score (nSPS) is 25.6. The van der Waals surface area contributed by atoms with Crippen LogP contribution >= 0.6 is 7.52 Å². The van der Waals surface area contributed by atoms with E-state index in [0.717, 1.165) is 22.3 Å². The van der Waals surface area contributed by atoms with Gasteiger partial charge in [0, 0.05) is 6.04 Å². The van der Waals surface area contributed by atoms with Crippen molar-refractivity contribution in [2.45, 2.75) is 25.2 Å². The lowest BCUT2D eigenvalue weighted by Crippen LogP contribution is -2.23. The molecule has 0 bridgehead atoms. The molecule has 3 atom stereocenters. The summed E-state index contributed by atoms with van der Waals surface area (Å²) in [4.78, 5) is 0. The standard InChI is InChI=1S/C23H24NO2P/c1-18-23(21-13-7-4-8-14-21)26-27(25,24(18)2)17-19-10-9-15-22(16-19)20-11-5-3-6-12-20/h3-16,18,23H,17H2,1-2H3/t18-,23-,27-/m0/s1. The second kappa shape index (κ2) is 7.44. The highest BCUT2D eigenvalue weighted by Crippen LogP contribution is 2.63. The van der Waals surface area contributed by atoms with Crippen molar-refractivity contribution in [2.24, 2.45) is 0 Å². The average Bonchev–Trinajstić information content (AvgIpc) is 2.94. The Kier molecular flexibility index (Phi) is 5.01. The lowest BCUT2D eigenvalue weighted by atomic mass is 10.0. The number of likely N-dealkylation sites (N-methyl/N-ethyl adjacent to an activating group) is 1. The molecule has 1 fully saturated rings. The molecular formula is C23H24NO2P. The zero-order chi connectivity index (χ0) is 18.9. The second-order valence-corrected chi connectivity index (χ2v) is 9.55. The molecule has 0 spiro atoms. The van der Waals surface area contributed by atoms with Crippen LogP contribution in [-0.4, -0.2) is 17.8 Å². The summed E-state index contributed by atoms with van der Waals surface area (Å²) in [5, 5.41) is 0. The maximum atomic E-state index is 13.7. The van der Waals surface area contributed by atoms with Gasteiger partial charge in [-0.3, -0.25) is 4.57 Å². The van der Waals surface area contributed by atoms with Gasteiger partial charge in [-0.15, -0.1) is 0 Å². The van der Waals surface area contributed by atoms with Crippen molar-refractivity contribution in [1.82, 2.24) is 4.67 Å². The molecule has 3 nitrogen and oxygen atoms in total. The second-order valence-electron chi connectivity index (χ2n) is 7.11. The molecule has 1 aliphatic heterocycles. The molecule has 1 heterocycles. The van der Waals surface area contributed by atoms with E-state index in [-0.39, 0.29) is 12.1 Å². The molecule has 0 aliphatic carbocycles. The van der Waals surface area contributed by atoms with Crippen LogP contribution < -0.4 is 0 Å². The third-order valence-electron chi connectivity index (χ3n) is 5.33. The number of hydrogen-bond acceptors (Lipinski definition) is 2. The Morgan fingerprint density at radius 3 is 2.22 bits per heavy atom. The third kappa shape index (κ3) is 3.64. The van der Waals surface area contributed by atoms with E-state index < -0.39 is 7.52 Å². The molecule has 3 aromatic rings. The summed E-state index contributed by atoms with van der Waals surface area (Å²) in [6, 6.07) is 28.7. The van der Waals surface area contributed by atoms with Gasteiger partial charge in [0.25, 0.3) is 7.52 Å². The summed E-state index contributed by atoms with van der Waals surface area (Å²) in [6.07, 6.45) is 0.247. The molecule has 0 unspecified atom stereocenters. The van der Waals surface area contributed by atoms with Crippen molar-refractivity contribution < 1.29 is 9.09 Å². The Labute approximate surface area is 161 Å². The van der Waals surface area contributed by atoms with Crippen molar-refractivity contribution in [3.8, 4) is 11.1 Å². The average molecular weight is 377 g/mol. The lowest BCUT2D eigenvalue weighted by Gasteiger charge is -2.21. The van der Waals surface area contributed by atoms with E-state index in [0.29, 0.717) is 6.16 Å². The minimum Gasteiger partial charge on any atom is -0.307 e. The predicted octanol–water partition coefficient (Wildman–Crippen LogP) is 6.14. The van der Waals surface area contributed by atoms with E-state index in [4.69, 9.17) is 4.52 Å². The zero-order valence-electron chi connectivity index (χ0n) is 15.7. The Bertz CT molecular complexity index is 958. The molecule has 0 amide bonds. The van der Waals surface area contributed by atoms with Crippen LogP contribution in [0.4, 0.5) is 0 Å². The van der Waals surface area contributed by atoms with Crippen LogP contribution in [0.25, 0.3) is 11.1 Å². The quantitative estimate of drug-likeness (QED) is 0.512. The first-order valence-corrected chi connectivity index (χ1v) is 11.0. The first kappa shape index (κ1) is 18.2. The highest BCUT2D eigenvalue weighted by molar-refractivity contribution is 7.55. The molecule has 0 saturated carbocycles. The van der Waals surface area contributed by atoms with E-state index in [2.05, 4.69) is 31.2 Å². The van der Waals surface area contributed by atoms with Crippen molar-refractivity contribution in [3.63, 3.8) is 0 Å². The molecule has 1 saturated heterocycles. The van der Waals surface area contributed by atoms with E-state index in [1.54, 1.807) is 0 Å². The van der Waals surface area contributed by atoms with E-state index in [9.17, 15) is 4.57 Å². The van der Waals surface area contributed by atoms with Gasteiger partial charge in [-0.25, -0.2) is 4.67 Å². The van der Waals surface area contributed by atoms with Gasteiger partial charge in [-0.05, 0) is 36.2 Å². The summed E-state index contributed by atoms with van der Waals surface area (Å²) < 4.78 is 21.8. The largest absolute Gasteiger partial charge is 0.307 e. The Morgan fingerprint density at radius 1 is 0.889 bits per heavy atom. The maximum absolute atomic E-state index is 13.7. The fourth-order valence-electron chi connectivity index (χ4n) is 3.65. The van der Waals surface area contributed by atoms with Crippen LogP contribution in [0, 0.1) is 0 Å². The fraction of sp³-hybridized carbons (Fsp3) is 0.217. The monoisotopic (exact) mass is 377 g/mol. The molecule has 0 aromatic heterocycles. The first-order valence-electron chi connectivity index (χ1n) is 9.27. The van der Waals surface area contributed by atoms with Crippen molar-refractivity contribution >= 4 is 7.52 Å². The van der Waals surface area contributed by atoms with Crippen LogP contribution in [0.1, 0.15) is 24.2 Å². The molecular weight excluding hydrogens is 353 g/mol. The minimum atomic E-state index is -2.94. The molecule has 138 valence electrons. The van der Waals surface area contributed by atoms with Gasteiger partial charge < -0.3 is 4.52 Å². The van der Waals surface area contributed by atoms with Gasteiger partial charge in [-0.2, -0.15) is 0 Å². The molecule has 4 heteroatoms. The summed E-state index contributed by atoms with van der Waals surface area (Å²) in [6.45, 7) is 2.08. The molecule has 1 aliphatic rings. The minimum absolute atomic E-state index is 0.0653. The van der Waals surface area contributed by atoms with Gasteiger partial charge in [0.05, 0.1) is 6.16 Å². The topological polar surface area (TPSA) is 29.5 Å². The van der Waals surface area contributed by atoms with Crippen LogP contribution in [0.2, 0.25) is 0 Å². The Balaban J connectivity index is 1.60. The summed E-state index contributed by atoms with van der Waals surface area (Å²) in [5.74, 6) is 0. The van der Waals surface area contributed by atoms with Crippen LogP contribution in [-0.2, 0) is 15.3 Å². The van der Waals surface area contributed by atoms with Gasteiger partial charge in [-0.1, -0.05) is 84.9 Å². The smallest absolute Gasteiger partial charge is 0.277 e. The van der Waals surface area contributed by atoms with Gasteiger partial charge in [0.1, 0.15) is 6.10 Å². The Morgan fingerprint density at radius 2 is 1.52 bits per heavy atom. The fourth-order valence-corrected chi connectivity index (χ4v) is 6.09. The van der Waals surface area contributed by atoms with E-state index in [1.807, 2.05) is 72.4 Å². The van der Waals surface area contributed by atoms with Gasteiger partial charge >= 0.3 is 0 Å². The van der Waals surface area contributed by atoms with Crippen molar-refractivity contribution in [2.75, 3.05) is 7.05 Å². The van der Waals surface area contributed by atoms with Gasteiger partial charge in [0.15, 0.2) is 0 Å². The summed E-state index contributed by atoms with van der Waals surface area (Å²) in [7, 11) is -1.03. The molecule has 0 radical (unpaired) electrons. The zero-order valence-corrected chi connectivity index (χ0v) is 16.6. The third-order valence-corrected chi connectivity index (χ3v) is 7.98. The SMILES string of the molecule is C[C@H]1[C@@H](c2ccccc2)O[P@@](=O)(Cc2cccc(-c3ccccc3)c2)N1C. The number of hydrogen-bond donors (Lipinski definition) is 0. The van der Waals surface area contributed by atoms with Crippen LogP contribution in [0.5, 0.6) is 0 Å². The first-order chi connectivity index (χ1) is 13.1. The van der Waals surface area contributed by atoms with E-state index in [1.165, 1.54) is 0 Å². The number of nitrogens with zero attached hydrogens (tertiary/aromatic N) is 1. The number of benzene rings is 3. The molecule has 4 rings (SSSR count). The maximum Gasteiger partial charge on any atom is 0.277 e. The van der Waals surface area contributed by atoms with Crippen molar-refractivity contribution in [3.05, 3.63) is 96.1 Å². The molecule has 0 N–H and O–H groups in total. The highest BCUT2D eigenvalue weighted by atomic mass is 31.2.